The lowest BCUT2D eigenvalue weighted by molar-refractivity contribution is 0.160. The van der Waals surface area contributed by atoms with Gasteiger partial charge in [-0.15, -0.1) is 0 Å². The van der Waals surface area contributed by atoms with Crippen LogP contribution < -0.4 is 0 Å². The van der Waals surface area contributed by atoms with Crippen LogP contribution in [-0.2, 0) is 10.0 Å². The maximum atomic E-state index is 13.1. The Hall–Kier alpha value is -2.20. The van der Waals surface area contributed by atoms with Crippen LogP contribution in [0.1, 0.15) is 17.2 Å². The van der Waals surface area contributed by atoms with Gasteiger partial charge in [0.2, 0.25) is 10.0 Å². The van der Waals surface area contributed by atoms with Crippen LogP contribution in [0.2, 0.25) is 0 Å². The highest BCUT2D eigenvalue weighted by atomic mass is 32.2. The van der Waals surface area contributed by atoms with E-state index in [1.807, 2.05) is 43.4 Å². The van der Waals surface area contributed by atoms with Crippen molar-refractivity contribution >= 4 is 10.0 Å². The fraction of sp³-hybridized carbons (Fsp3) is 0.278. The Morgan fingerprint density at radius 2 is 1.83 bits per heavy atom. The van der Waals surface area contributed by atoms with Crippen molar-refractivity contribution in [3.05, 3.63) is 65.7 Å². The van der Waals surface area contributed by atoms with Crippen molar-refractivity contribution in [2.24, 2.45) is 0 Å². The van der Waals surface area contributed by atoms with Gasteiger partial charge >= 0.3 is 0 Å². The fourth-order valence-corrected chi connectivity index (χ4v) is 4.64. The summed E-state index contributed by atoms with van der Waals surface area (Å²) in [6.45, 7) is 1.75. The van der Waals surface area contributed by atoms with Crippen LogP contribution in [-0.4, -0.2) is 44.3 Å². The van der Waals surface area contributed by atoms with Gasteiger partial charge in [-0.1, -0.05) is 36.4 Å². The molecule has 0 aromatic heterocycles. The van der Waals surface area contributed by atoms with E-state index >= 15 is 0 Å². The number of sulfonamides is 1. The minimum atomic E-state index is -3.66. The van der Waals surface area contributed by atoms with Gasteiger partial charge < -0.3 is 4.90 Å². The Kier molecular flexibility index (Phi) is 4.67. The molecule has 0 aliphatic carbocycles. The minimum Gasteiger partial charge on any atom is -0.303 e. The number of nitriles is 1. The second kappa shape index (κ2) is 6.73. The highest BCUT2D eigenvalue weighted by Crippen LogP contribution is 2.30. The molecule has 5 nitrogen and oxygen atoms in total. The summed E-state index contributed by atoms with van der Waals surface area (Å²) in [6, 6.07) is 17.7. The number of likely N-dealkylation sites (N-methyl/N-ethyl adjacent to an activating group) is 1. The zero-order chi connectivity index (χ0) is 17.2. The molecule has 1 aliphatic rings. The average molecular weight is 341 g/mol. The second-order valence-electron chi connectivity index (χ2n) is 5.94. The molecule has 6 heteroatoms. The Labute approximate surface area is 142 Å². The average Bonchev–Trinajstić information content (AvgIpc) is 2.62. The first-order chi connectivity index (χ1) is 11.5. The molecule has 1 saturated heterocycles. The van der Waals surface area contributed by atoms with Gasteiger partial charge in [-0.05, 0) is 30.8 Å². The molecule has 0 unspecified atom stereocenters. The molecule has 2 aromatic carbocycles. The maximum absolute atomic E-state index is 13.1. The second-order valence-corrected chi connectivity index (χ2v) is 7.83. The van der Waals surface area contributed by atoms with Gasteiger partial charge in [0.1, 0.15) is 0 Å². The Balaban J connectivity index is 2.02. The highest BCUT2D eigenvalue weighted by Gasteiger charge is 2.36. The molecule has 124 valence electrons. The van der Waals surface area contributed by atoms with Crippen LogP contribution in [0.25, 0.3) is 0 Å². The lowest BCUT2D eigenvalue weighted by Gasteiger charge is -2.39. The molecule has 1 aliphatic heterocycles. The summed E-state index contributed by atoms with van der Waals surface area (Å²) in [5, 5.41) is 9.04. The molecule has 1 fully saturated rings. The van der Waals surface area contributed by atoms with Crippen LogP contribution in [0.4, 0.5) is 0 Å². The van der Waals surface area contributed by atoms with Crippen molar-refractivity contribution in [3.63, 3.8) is 0 Å². The van der Waals surface area contributed by atoms with Gasteiger partial charge in [0, 0.05) is 19.6 Å². The van der Waals surface area contributed by atoms with E-state index in [0.717, 1.165) is 5.56 Å². The van der Waals surface area contributed by atoms with E-state index in [2.05, 4.69) is 4.90 Å². The summed E-state index contributed by atoms with van der Waals surface area (Å²) in [5.74, 6) is 0. The molecule has 0 saturated carbocycles. The van der Waals surface area contributed by atoms with E-state index in [1.54, 1.807) is 22.5 Å². The molecule has 1 atom stereocenters. The van der Waals surface area contributed by atoms with Crippen molar-refractivity contribution in [2.45, 2.75) is 10.9 Å². The summed E-state index contributed by atoms with van der Waals surface area (Å²) in [6.07, 6.45) is 0. The molecule has 0 spiro atoms. The van der Waals surface area contributed by atoms with Gasteiger partial charge in [0.15, 0.2) is 0 Å². The molecule has 2 aromatic rings. The van der Waals surface area contributed by atoms with E-state index in [1.165, 1.54) is 6.07 Å². The monoisotopic (exact) mass is 341 g/mol. The lowest BCUT2D eigenvalue weighted by atomic mass is 10.1. The topological polar surface area (TPSA) is 64.4 Å². The fourth-order valence-electron chi connectivity index (χ4n) is 3.00. The first kappa shape index (κ1) is 16.7. The molecule has 24 heavy (non-hydrogen) atoms. The molecule has 0 bridgehead atoms. The molecule has 0 amide bonds. The van der Waals surface area contributed by atoms with Crippen molar-refractivity contribution in [3.8, 4) is 6.07 Å². The predicted octanol–water partition coefficient (Wildman–Crippen LogP) is 2.24. The van der Waals surface area contributed by atoms with Gasteiger partial charge in [-0.3, -0.25) is 0 Å². The molecule has 0 radical (unpaired) electrons. The maximum Gasteiger partial charge on any atom is 0.243 e. The third-order valence-electron chi connectivity index (χ3n) is 4.29. The quantitative estimate of drug-likeness (QED) is 0.859. The normalized spacial score (nSPS) is 19.8. The van der Waals surface area contributed by atoms with E-state index in [0.29, 0.717) is 25.2 Å². The van der Waals surface area contributed by atoms with Crippen molar-refractivity contribution < 1.29 is 8.42 Å². The van der Waals surface area contributed by atoms with E-state index in [9.17, 15) is 8.42 Å². The number of hydrogen-bond donors (Lipinski definition) is 0. The Bertz CT molecular complexity index is 859. The van der Waals surface area contributed by atoms with Crippen LogP contribution in [0.15, 0.2) is 59.5 Å². The minimum absolute atomic E-state index is 0.173. The van der Waals surface area contributed by atoms with Gasteiger partial charge in [-0.2, -0.15) is 9.57 Å². The molecular formula is C18H19N3O2S. The summed E-state index contributed by atoms with van der Waals surface area (Å²) < 4.78 is 27.8. The van der Waals surface area contributed by atoms with Crippen LogP contribution in [0, 0.1) is 11.3 Å². The third kappa shape index (κ3) is 3.20. The van der Waals surface area contributed by atoms with Gasteiger partial charge in [0.25, 0.3) is 0 Å². The molecular weight excluding hydrogens is 322 g/mol. The van der Waals surface area contributed by atoms with Crippen LogP contribution in [0.5, 0.6) is 0 Å². The Morgan fingerprint density at radius 3 is 2.54 bits per heavy atom. The van der Waals surface area contributed by atoms with Crippen LogP contribution in [0.3, 0.4) is 0 Å². The van der Waals surface area contributed by atoms with Crippen molar-refractivity contribution in [1.29, 1.82) is 5.26 Å². The van der Waals surface area contributed by atoms with Gasteiger partial charge in [-0.25, -0.2) is 8.42 Å². The SMILES string of the molecule is CN1CCN(S(=O)(=O)c2cccc(C#N)c2)[C@H](c2ccccc2)C1. The van der Waals surface area contributed by atoms with E-state index in [-0.39, 0.29) is 10.9 Å². The zero-order valence-electron chi connectivity index (χ0n) is 13.5. The largest absolute Gasteiger partial charge is 0.303 e. The summed E-state index contributed by atoms with van der Waals surface area (Å²) in [4.78, 5) is 2.31. The summed E-state index contributed by atoms with van der Waals surface area (Å²) in [7, 11) is -1.66. The highest BCUT2D eigenvalue weighted by molar-refractivity contribution is 7.89. The molecule has 1 heterocycles. The standard InChI is InChI=1S/C18H19N3O2S/c1-20-10-11-21(18(14-20)16-7-3-2-4-8-16)24(22,23)17-9-5-6-15(12-17)13-19/h2-9,12,18H,10-11,14H2,1H3/t18-/m0/s1. The van der Waals surface area contributed by atoms with Crippen molar-refractivity contribution in [2.75, 3.05) is 26.7 Å². The van der Waals surface area contributed by atoms with Crippen LogP contribution >= 0.6 is 0 Å². The van der Waals surface area contributed by atoms with Crippen molar-refractivity contribution in [1.82, 2.24) is 9.21 Å². The number of benzene rings is 2. The third-order valence-corrected chi connectivity index (χ3v) is 6.19. The lowest BCUT2D eigenvalue weighted by Crippen LogP contribution is -2.49. The molecule has 0 N–H and O–H groups in total. The number of rotatable bonds is 3. The summed E-state index contributed by atoms with van der Waals surface area (Å²) >= 11 is 0. The Morgan fingerprint density at radius 1 is 1.08 bits per heavy atom. The zero-order valence-corrected chi connectivity index (χ0v) is 14.3. The van der Waals surface area contributed by atoms with E-state index in [4.69, 9.17) is 5.26 Å². The summed E-state index contributed by atoms with van der Waals surface area (Å²) in [5.41, 5.74) is 1.32. The number of hydrogen-bond acceptors (Lipinski definition) is 4. The first-order valence-electron chi connectivity index (χ1n) is 7.78. The first-order valence-corrected chi connectivity index (χ1v) is 9.22. The number of piperazine rings is 1. The predicted molar refractivity (Wildman–Crippen MR) is 91.7 cm³/mol. The van der Waals surface area contributed by atoms with Gasteiger partial charge in [0.05, 0.1) is 22.6 Å². The number of nitrogens with zero attached hydrogens (tertiary/aromatic N) is 3. The van der Waals surface area contributed by atoms with E-state index < -0.39 is 10.0 Å². The molecule has 3 rings (SSSR count). The smallest absolute Gasteiger partial charge is 0.243 e.